The topological polar surface area (TPSA) is 30.2 Å². The van der Waals surface area contributed by atoms with E-state index in [0.717, 1.165) is 38.5 Å². The Bertz CT molecular complexity index is 2270. The van der Waals surface area contributed by atoms with Gasteiger partial charge in [0.25, 0.3) is 0 Å². The Labute approximate surface area is 233 Å². The van der Waals surface area contributed by atoms with Crippen LogP contribution < -0.4 is 15.9 Å². The van der Waals surface area contributed by atoms with Crippen molar-refractivity contribution >= 4 is 85.8 Å². The molecule has 184 valence electrons. The van der Waals surface area contributed by atoms with E-state index >= 15 is 0 Å². The standard InChI is InChI=1S/C34H22N3PSe/c39-38(24-12-2-1-3-13-24,25-21-23-11-4-8-17-29(23)35-22-25)32-20-10-18-30-33(32)37-31-19-9-7-15-27(31)26-14-5-6-16-28(26)34(37)36-30/h1-22H. The van der Waals surface area contributed by atoms with Gasteiger partial charge in [-0.3, -0.25) is 0 Å². The van der Waals surface area contributed by atoms with E-state index in [2.05, 4.69) is 147 Å². The quantitative estimate of drug-likeness (QED) is 0.132. The summed E-state index contributed by atoms with van der Waals surface area (Å²) in [5.74, 6) is 0. The van der Waals surface area contributed by atoms with Crippen molar-refractivity contribution in [3.05, 3.63) is 134 Å². The second kappa shape index (κ2) is 8.73. The number of fused-ring (bicyclic) bond motifs is 9. The molecule has 8 rings (SSSR count). The van der Waals surface area contributed by atoms with Crippen LogP contribution >= 0.6 is 5.51 Å². The van der Waals surface area contributed by atoms with Crippen LogP contribution in [0.5, 0.6) is 0 Å². The molecule has 5 heteroatoms. The predicted octanol–water partition coefficient (Wildman–Crippen LogP) is 6.72. The number of nitrogens with zero attached hydrogens (tertiary/aromatic N) is 3. The summed E-state index contributed by atoms with van der Waals surface area (Å²) in [5, 5.41) is 8.50. The zero-order chi connectivity index (χ0) is 26.0. The second-order valence-corrected chi connectivity index (χ2v) is 16.0. The summed E-state index contributed by atoms with van der Waals surface area (Å²) in [4.78, 5) is 10.2. The van der Waals surface area contributed by atoms with Crippen LogP contribution in [0.1, 0.15) is 0 Å². The van der Waals surface area contributed by atoms with Gasteiger partial charge in [0.05, 0.1) is 0 Å². The maximum atomic E-state index is 5.26. The van der Waals surface area contributed by atoms with Gasteiger partial charge in [0.1, 0.15) is 0 Å². The first-order chi connectivity index (χ1) is 19.2. The first-order valence-corrected chi connectivity index (χ1v) is 17.0. The molecule has 0 saturated heterocycles. The second-order valence-electron chi connectivity index (χ2n) is 9.81. The molecule has 0 radical (unpaired) electrons. The third-order valence-corrected chi connectivity index (χ3v) is 14.6. The normalized spacial score (nSPS) is 13.4. The van der Waals surface area contributed by atoms with Gasteiger partial charge in [-0.05, 0) is 0 Å². The number of hydrogen-bond donors (Lipinski definition) is 0. The molecule has 3 heterocycles. The number of rotatable bonds is 3. The van der Waals surface area contributed by atoms with Crippen molar-refractivity contribution in [1.29, 1.82) is 0 Å². The summed E-state index contributed by atoms with van der Waals surface area (Å²) in [5.41, 5.74) is 3.07. The van der Waals surface area contributed by atoms with Gasteiger partial charge < -0.3 is 0 Å². The van der Waals surface area contributed by atoms with Crippen molar-refractivity contribution in [3.8, 4) is 0 Å². The molecule has 0 N–H and O–H groups in total. The molecule has 39 heavy (non-hydrogen) atoms. The molecular weight excluding hydrogens is 560 g/mol. The van der Waals surface area contributed by atoms with Crippen LogP contribution in [0, 0.1) is 0 Å². The van der Waals surface area contributed by atoms with Gasteiger partial charge in [-0.2, -0.15) is 0 Å². The Morgan fingerprint density at radius 1 is 0.590 bits per heavy atom. The van der Waals surface area contributed by atoms with Crippen molar-refractivity contribution in [2.24, 2.45) is 0 Å². The van der Waals surface area contributed by atoms with Gasteiger partial charge in [-0.1, -0.05) is 0 Å². The first kappa shape index (κ1) is 22.9. The van der Waals surface area contributed by atoms with Crippen molar-refractivity contribution in [3.63, 3.8) is 0 Å². The molecule has 3 aromatic heterocycles. The summed E-state index contributed by atoms with van der Waals surface area (Å²) in [7, 11) is 0. The molecule has 0 spiro atoms. The fourth-order valence-electron chi connectivity index (χ4n) is 5.88. The number of pyridine rings is 2. The van der Waals surface area contributed by atoms with Crippen LogP contribution in [0.4, 0.5) is 0 Å². The van der Waals surface area contributed by atoms with Crippen LogP contribution in [0.2, 0.25) is 0 Å². The SMILES string of the molecule is [Se]=P(c1ccccc1)(c1cnc2ccccc2c1)c1cccc2nc3c4ccccc4c4ccccc4n3c12. The maximum absolute atomic E-state index is 5.26. The number of imidazole rings is 1. The Balaban J connectivity index is 1.57. The monoisotopic (exact) mass is 583 g/mol. The van der Waals surface area contributed by atoms with Crippen molar-refractivity contribution in [1.82, 2.24) is 14.4 Å². The molecule has 8 aromatic rings. The fraction of sp³-hybridized carbons (Fsp3) is 0. The summed E-state index contributed by atoms with van der Waals surface area (Å²) in [6.07, 6.45) is 2.06. The number of hydrogen-bond acceptors (Lipinski definition) is 2. The molecule has 0 amide bonds. The van der Waals surface area contributed by atoms with Crippen LogP contribution in [0.15, 0.2) is 134 Å². The van der Waals surface area contributed by atoms with E-state index in [1.54, 1.807) is 0 Å². The summed E-state index contributed by atoms with van der Waals surface area (Å²) >= 11 is 3.77. The minimum absolute atomic E-state index is 0.989. The fourth-order valence-corrected chi connectivity index (χ4v) is 11.0. The van der Waals surface area contributed by atoms with E-state index < -0.39 is 5.51 Å². The first-order valence-electron chi connectivity index (χ1n) is 13.0. The molecule has 0 fully saturated rings. The number of aromatic nitrogens is 3. The Hall–Kier alpha value is -4.07. The summed E-state index contributed by atoms with van der Waals surface area (Å²) < 4.78 is 2.38. The molecule has 3 nitrogen and oxygen atoms in total. The molecule has 1 unspecified atom stereocenters. The van der Waals surface area contributed by atoms with Gasteiger partial charge in [0.15, 0.2) is 0 Å². The number of para-hydroxylation sites is 3. The third kappa shape index (κ3) is 3.33. The van der Waals surface area contributed by atoms with E-state index in [9.17, 15) is 0 Å². The molecule has 0 aliphatic carbocycles. The third-order valence-electron chi connectivity index (χ3n) is 7.66. The van der Waals surface area contributed by atoms with Crippen LogP contribution in [0.25, 0.3) is 49.3 Å². The van der Waals surface area contributed by atoms with Gasteiger partial charge in [-0.25, -0.2) is 0 Å². The Kier molecular flexibility index (Phi) is 5.12. The summed E-state index contributed by atoms with van der Waals surface area (Å²) in [6.45, 7) is 0. The molecule has 0 saturated carbocycles. The average Bonchev–Trinajstić information content (AvgIpc) is 3.41. The van der Waals surface area contributed by atoms with Gasteiger partial charge >= 0.3 is 234 Å². The van der Waals surface area contributed by atoms with E-state index in [1.165, 1.54) is 26.7 Å². The minimum atomic E-state index is -2.23. The van der Waals surface area contributed by atoms with Crippen molar-refractivity contribution < 1.29 is 0 Å². The van der Waals surface area contributed by atoms with Crippen LogP contribution in [-0.4, -0.2) is 29.5 Å². The zero-order valence-corrected chi connectivity index (χ0v) is 23.5. The molecule has 0 bridgehead atoms. The van der Waals surface area contributed by atoms with Crippen LogP contribution in [-0.2, 0) is 0 Å². The van der Waals surface area contributed by atoms with E-state index in [1.807, 2.05) is 6.07 Å². The number of benzene rings is 5. The van der Waals surface area contributed by atoms with E-state index in [0.29, 0.717) is 0 Å². The van der Waals surface area contributed by atoms with Gasteiger partial charge in [-0.15, -0.1) is 0 Å². The summed E-state index contributed by atoms with van der Waals surface area (Å²) in [6, 6.07) is 45.4. The van der Waals surface area contributed by atoms with Gasteiger partial charge in [0, 0.05) is 0 Å². The van der Waals surface area contributed by atoms with E-state index in [4.69, 9.17) is 9.97 Å². The van der Waals surface area contributed by atoms with E-state index in [-0.39, 0.29) is 0 Å². The van der Waals surface area contributed by atoms with Gasteiger partial charge in [0.2, 0.25) is 0 Å². The van der Waals surface area contributed by atoms with Crippen molar-refractivity contribution in [2.75, 3.05) is 0 Å². The molecule has 0 aliphatic heterocycles. The molecule has 1 atom stereocenters. The zero-order valence-electron chi connectivity index (χ0n) is 20.9. The average molecular weight is 583 g/mol. The molecule has 0 aliphatic rings. The van der Waals surface area contributed by atoms with Crippen molar-refractivity contribution in [2.45, 2.75) is 0 Å². The molecular formula is C34H22N3PSe. The van der Waals surface area contributed by atoms with Crippen LogP contribution in [0.3, 0.4) is 0 Å². The molecule has 5 aromatic carbocycles. The Morgan fingerprint density at radius 2 is 1.28 bits per heavy atom. The predicted molar refractivity (Wildman–Crippen MR) is 167 cm³/mol. The Morgan fingerprint density at radius 3 is 2.15 bits per heavy atom.